The minimum absolute atomic E-state index is 0.284. The summed E-state index contributed by atoms with van der Waals surface area (Å²) in [5.41, 5.74) is 3.32. The highest BCUT2D eigenvalue weighted by Crippen LogP contribution is 2.34. The van der Waals surface area contributed by atoms with Crippen molar-refractivity contribution < 1.29 is 9.13 Å². The molecule has 0 unspecified atom stereocenters. The summed E-state index contributed by atoms with van der Waals surface area (Å²) in [6, 6.07) is 14.4. The summed E-state index contributed by atoms with van der Waals surface area (Å²) in [6.07, 6.45) is 4.96. The summed E-state index contributed by atoms with van der Waals surface area (Å²) < 4.78 is 18.8. The van der Waals surface area contributed by atoms with Gasteiger partial charge in [-0.25, -0.2) is 4.39 Å². The van der Waals surface area contributed by atoms with Crippen LogP contribution in [0.15, 0.2) is 42.5 Å². The Morgan fingerprint density at radius 3 is 2.17 bits per heavy atom. The van der Waals surface area contributed by atoms with Crippen molar-refractivity contribution in [2.24, 2.45) is 0 Å². The molecule has 0 heterocycles. The second-order valence-electron chi connectivity index (χ2n) is 6.31. The second-order valence-corrected chi connectivity index (χ2v) is 6.31. The molecule has 1 saturated carbocycles. The lowest BCUT2D eigenvalue weighted by atomic mass is 9.81. The summed E-state index contributed by atoms with van der Waals surface area (Å²) in [7, 11) is 3.53. The number of methoxy groups -OCH3 is 1. The van der Waals surface area contributed by atoms with Crippen LogP contribution in [0.1, 0.15) is 37.2 Å². The van der Waals surface area contributed by atoms with Gasteiger partial charge in [0, 0.05) is 6.04 Å². The lowest BCUT2D eigenvalue weighted by molar-refractivity contribution is 0.359. The predicted octanol–water partition coefficient (Wildman–Crippen LogP) is 4.75. The van der Waals surface area contributed by atoms with Crippen LogP contribution in [-0.4, -0.2) is 20.2 Å². The highest BCUT2D eigenvalue weighted by molar-refractivity contribution is 5.64. The summed E-state index contributed by atoms with van der Waals surface area (Å²) in [5, 5.41) is 3.38. The molecule has 0 aromatic heterocycles. The molecule has 1 aliphatic rings. The topological polar surface area (TPSA) is 21.3 Å². The zero-order chi connectivity index (χ0) is 16.2. The van der Waals surface area contributed by atoms with Crippen molar-refractivity contribution in [3.63, 3.8) is 0 Å². The maximum absolute atomic E-state index is 13.8. The molecule has 0 bridgehead atoms. The van der Waals surface area contributed by atoms with Gasteiger partial charge in [-0.05, 0) is 67.5 Å². The van der Waals surface area contributed by atoms with Gasteiger partial charge in [0.25, 0.3) is 0 Å². The maximum Gasteiger partial charge on any atom is 0.165 e. The van der Waals surface area contributed by atoms with Crippen molar-refractivity contribution in [2.75, 3.05) is 14.2 Å². The molecule has 3 heteroatoms. The number of halogens is 1. The summed E-state index contributed by atoms with van der Waals surface area (Å²) in [6.45, 7) is 0. The summed E-state index contributed by atoms with van der Waals surface area (Å²) in [4.78, 5) is 0. The lowest BCUT2D eigenvalue weighted by Crippen LogP contribution is -2.29. The molecule has 1 fully saturated rings. The van der Waals surface area contributed by atoms with Gasteiger partial charge in [-0.3, -0.25) is 0 Å². The van der Waals surface area contributed by atoms with Gasteiger partial charge in [0.2, 0.25) is 0 Å². The standard InChI is InChI=1S/C20H24FNO/c1-22-18-10-7-15(8-11-18)14-3-5-16(6-4-14)17-9-12-20(23-2)19(21)13-17/h3-6,9,12-13,15,18,22H,7-8,10-11H2,1-2H3. The molecule has 2 nitrogen and oxygen atoms in total. The van der Waals surface area contributed by atoms with Gasteiger partial charge < -0.3 is 10.1 Å². The van der Waals surface area contributed by atoms with Crippen molar-refractivity contribution in [1.82, 2.24) is 5.32 Å². The molecule has 3 rings (SSSR count). The van der Waals surface area contributed by atoms with Crippen molar-refractivity contribution in [1.29, 1.82) is 0 Å². The van der Waals surface area contributed by atoms with Crippen LogP contribution in [0.2, 0.25) is 0 Å². The van der Waals surface area contributed by atoms with Gasteiger partial charge >= 0.3 is 0 Å². The van der Waals surface area contributed by atoms with Crippen LogP contribution >= 0.6 is 0 Å². The Morgan fingerprint density at radius 1 is 0.957 bits per heavy atom. The smallest absolute Gasteiger partial charge is 0.165 e. The number of benzene rings is 2. The molecule has 0 spiro atoms. The largest absolute Gasteiger partial charge is 0.494 e. The highest BCUT2D eigenvalue weighted by atomic mass is 19.1. The Balaban J connectivity index is 1.73. The zero-order valence-electron chi connectivity index (χ0n) is 13.8. The molecule has 0 saturated heterocycles. The van der Waals surface area contributed by atoms with E-state index in [4.69, 9.17) is 4.74 Å². The Morgan fingerprint density at radius 2 is 1.61 bits per heavy atom. The van der Waals surface area contributed by atoms with Gasteiger partial charge in [-0.1, -0.05) is 30.3 Å². The third-order valence-corrected chi connectivity index (χ3v) is 5.00. The molecule has 0 amide bonds. The quantitative estimate of drug-likeness (QED) is 0.879. The molecule has 122 valence electrons. The van der Waals surface area contributed by atoms with Crippen LogP contribution in [0.25, 0.3) is 11.1 Å². The molecular formula is C20H24FNO. The van der Waals surface area contributed by atoms with Gasteiger partial charge in [0.1, 0.15) is 0 Å². The molecular weight excluding hydrogens is 289 g/mol. The van der Waals surface area contributed by atoms with Crippen LogP contribution < -0.4 is 10.1 Å². The normalized spacial score (nSPS) is 21.2. The fourth-order valence-corrected chi connectivity index (χ4v) is 3.51. The first-order chi connectivity index (χ1) is 11.2. The van der Waals surface area contributed by atoms with Crippen molar-refractivity contribution in [3.05, 3.63) is 53.8 Å². The van der Waals surface area contributed by atoms with Crippen LogP contribution in [0.4, 0.5) is 4.39 Å². The Kier molecular flexibility index (Phi) is 4.97. The van der Waals surface area contributed by atoms with Gasteiger partial charge in [0.15, 0.2) is 11.6 Å². The minimum atomic E-state index is -0.320. The molecule has 1 aliphatic carbocycles. The number of hydrogen-bond donors (Lipinski definition) is 1. The van der Waals surface area contributed by atoms with E-state index in [2.05, 4.69) is 29.6 Å². The maximum atomic E-state index is 13.8. The van der Waals surface area contributed by atoms with Gasteiger partial charge in [-0.15, -0.1) is 0 Å². The third kappa shape index (κ3) is 3.56. The monoisotopic (exact) mass is 313 g/mol. The van der Waals surface area contributed by atoms with Gasteiger partial charge in [0.05, 0.1) is 7.11 Å². The van der Waals surface area contributed by atoms with E-state index in [9.17, 15) is 4.39 Å². The van der Waals surface area contributed by atoms with E-state index < -0.39 is 0 Å². The Hall–Kier alpha value is -1.87. The lowest BCUT2D eigenvalue weighted by Gasteiger charge is -2.28. The van der Waals surface area contributed by atoms with Crippen LogP contribution in [0.5, 0.6) is 5.75 Å². The molecule has 0 atom stereocenters. The second kappa shape index (κ2) is 7.14. The average Bonchev–Trinajstić information content (AvgIpc) is 2.62. The predicted molar refractivity (Wildman–Crippen MR) is 92.4 cm³/mol. The van der Waals surface area contributed by atoms with Crippen molar-refractivity contribution >= 4 is 0 Å². The average molecular weight is 313 g/mol. The summed E-state index contributed by atoms with van der Waals surface area (Å²) in [5.74, 6) is 0.618. The first-order valence-electron chi connectivity index (χ1n) is 8.32. The van der Waals surface area contributed by atoms with E-state index in [0.717, 1.165) is 11.1 Å². The molecule has 2 aromatic carbocycles. The molecule has 1 N–H and O–H groups in total. The molecule has 2 aromatic rings. The fraction of sp³-hybridized carbons (Fsp3) is 0.400. The minimum Gasteiger partial charge on any atom is -0.494 e. The van der Waals surface area contributed by atoms with Crippen molar-refractivity contribution in [3.8, 4) is 16.9 Å². The van der Waals surface area contributed by atoms with E-state index in [1.807, 2.05) is 13.1 Å². The van der Waals surface area contributed by atoms with Crippen LogP contribution in [0.3, 0.4) is 0 Å². The SMILES string of the molecule is CNC1CCC(c2ccc(-c3ccc(OC)c(F)c3)cc2)CC1. The third-order valence-electron chi connectivity index (χ3n) is 5.00. The van der Waals surface area contributed by atoms with Crippen LogP contribution in [0, 0.1) is 5.82 Å². The van der Waals surface area contributed by atoms with E-state index in [-0.39, 0.29) is 11.6 Å². The fourth-order valence-electron chi connectivity index (χ4n) is 3.51. The zero-order valence-corrected chi connectivity index (χ0v) is 13.8. The van der Waals surface area contributed by atoms with Gasteiger partial charge in [-0.2, -0.15) is 0 Å². The molecule has 23 heavy (non-hydrogen) atoms. The first-order valence-corrected chi connectivity index (χ1v) is 8.32. The number of ether oxygens (including phenoxy) is 1. The molecule has 0 aliphatic heterocycles. The van der Waals surface area contributed by atoms with E-state index >= 15 is 0 Å². The van der Waals surface area contributed by atoms with Crippen LogP contribution in [-0.2, 0) is 0 Å². The van der Waals surface area contributed by atoms with E-state index in [0.29, 0.717) is 12.0 Å². The summed E-state index contributed by atoms with van der Waals surface area (Å²) >= 11 is 0. The number of rotatable bonds is 4. The van der Waals surface area contributed by atoms with Crippen molar-refractivity contribution in [2.45, 2.75) is 37.6 Å². The first kappa shape index (κ1) is 16.0. The number of hydrogen-bond acceptors (Lipinski definition) is 2. The molecule has 0 radical (unpaired) electrons. The highest BCUT2D eigenvalue weighted by Gasteiger charge is 2.21. The Labute approximate surface area is 137 Å². The van der Waals surface area contributed by atoms with E-state index in [1.54, 1.807) is 6.07 Å². The Bertz CT molecular complexity index is 645. The van der Waals surface area contributed by atoms with E-state index in [1.165, 1.54) is 44.4 Å². The number of nitrogens with one attached hydrogen (secondary N) is 1.